The number of fused-ring (bicyclic) bond motifs is 1. The molecule has 0 aromatic heterocycles. The third kappa shape index (κ3) is 3.98. The number of nitrogens with zero attached hydrogens (tertiary/aromatic N) is 1. The van der Waals surface area contributed by atoms with Gasteiger partial charge in [0.15, 0.2) is 0 Å². The second-order valence-corrected chi connectivity index (χ2v) is 8.12. The van der Waals surface area contributed by atoms with E-state index in [0.717, 1.165) is 38.1 Å². The Morgan fingerprint density at radius 2 is 2.20 bits per heavy atom. The molecule has 1 N–H and O–H groups in total. The van der Waals surface area contributed by atoms with Gasteiger partial charge in [-0.05, 0) is 56.8 Å². The summed E-state index contributed by atoms with van der Waals surface area (Å²) in [5.41, 5.74) is 1.66. The number of carboxylic acids is 1. The third-order valence-corrected chi connectivity index (χ3v) is 5.43. The summed E-state index contributed by atoms with van der Waals surface area (Å²) in [5.74, 6) is 0.283. The van der Waals surface area contributed by atoms with Crippen LogP contribution in [0.3, 0.4) is 0 Å². The van der Waals surface area contributed by atoms with Gasteiger partial charge in [0.1, 0.15) is 11.4 Å². The van der Waals surface area contributed by atoms with Crippen LogP contribution in [0.15, 0.2) is 18.2 Å². The van der Waals surface area contributed by atoms with E-state index in [9.17, 15) is 9.90 Å². The van der Waals surface area contributed by atoms with Crippen LogP contribution in [0.1, 0.15) is 44.2 Å². The molecule has 0 aliphatic carbocycles. The predicted octanol–water partition coefficient (Wildman–Crippen LogP) is 3.10. The van der Waals surface area contributed by atoms with Crippen LogP contribution in [0, 0.1) is 5.41 Å². The van der Waals surface area contributed by atoms with Crippen LogP contribution in [0.2, 0.25) is 0 Å². The number of aliphatic carboxylic acids is 1. The molecule has 0 saturated carbocycles. The molecule has 3 rings (SSSR count). The molecule has 1 fully saturated rings. The number of likely N-dealkylation sites (tertiary alicyclic amines) is 1. The highest BCUT2D eigenvalue weighted by molar-refractivity contribution is 5.75. The molecule has 2 heterocycles. The number of rotatable bonds is 6. The van der Waals surface area contributed by atoms with Crippen LogP contribution >= 0.6 is 0 Å². The second kappa shape index (κ2) is 6.96. The smallest absolute Gasteiger partial charge is 0.311 e. The zero-order valence-electron chi connectivity index (χ0n) is 15.5. The van der Waals surface area contributed by atoms with E-state index in [0.29, 0.717) is 19.6 Å². The van der Waals surface area contributed by atoms with Gasteiger partial charge in [-0.25, -0.2) is 0 Å². The molecule has 0 amide bonds. The lowest BCUT2D eigenvalue weighted by Gasteiger charge is -2.40. The average Bonchev–Trinajstić information content (AvgIpc) is 2.86. The molecule has 1 aromatic rings. The lowest BCUT2D eigenvalue weighted by Crippen LogP contribution is -2.48. The van der Waals surface area contributed by atoms with Gasteiger partial charge in [0, 0.05) is 33.2 Å². The van der Waals surface area contributed by atoms with E-state index in [4.69, 9.17) is 9.47 Å². The molecule has 1 atom stereocenters. The minimum Gasteiger partial charge on any atom is -0.487 e. The molecule has 5 nitrogen and oxygen atoms in total. The van der Waals surface area contributed by atoms with Crippen LogP contribution in [-0.4, -0.2) is 48.4 Å². The molecule has 0 unspecified atom stereocenters. The number of ether oxygens (including phenoxy) is 2. The summed E-state index contributed by atoms with van der Waals surface area (Å²) in [6, 6.07) is 6.38. The van der Waals surface area contributed by atoms with E-state index < -0.39 is 11.4 Å². The summed E-state index contributed by atoms with van der Waals surface area (Å²) < 4.78 is 11.1. The first-order chi connectivity index (χ1) is 11.8. The summed E-state index contributed by atoms with van der Waals surface area (Å²) in [5, 5.41) is 9.78. The Balaban J connectivity index is 1.70. The number of methoxy groups -OCH3 is 1. The summed E-state index contributed by atoms with van der Waals surface area (Å²) in [4.78, 5) is 14.2. The Hall–Kier alpha value is -1.59. The SMILES string of the molecule is COCC[C@]1(C(=O)O)CCCN(Cc2ccc3c(c2)CC(C)(C)O3)C1. The number of carboxylic acid groups (broad SMARTS) is 1. The Bertz CT molecular complexity index is 643. The van der Waals surface area contributed by atoms with Gasteiger partial charge in [-0.1, -0.05) is 12.1 Å². The maximum Gasteiger partial charge on any atom is 0.311 e. The van der Waals surface area contributed by atoms with Crippen LogP contribution in [0.5, 0.6) is 5.75 Å². The summed E-state index contributed by atoms with van der Waals surface area (Å²) in [6.45, 7) is 7.02. The van der Waals surface area contributed by atoms with Gasteiger partial charge in [-0.3, -0.25) is 9.69 Å². The number of hydrogen-bond acceptors (Lipinski definition) is 4. The van der Waals surface area contributed by atoms with Gasteiger partial charge in [0.25, 0.3) is 0 Å². The van der Waals surface area contributed by atoms with Gasteiger partial charge < -0.3 is 14.6 Å². The van der Waals surface area contributed by atoms with E-state index >= 15 is 0 Å². The van der Waals surface area contributed by atoms with Gasteiger partial charge >= 0.3 is 5.97 Å². The number of benzene rings is 1. The monoisotopic (exact) mass is 347 g/mol. The molecule has 25 heavy (non-hydrogen) atoms. The standard InChI is InChI=1S/C20H29NO4/c1-19(2)12-16-11-15(5-6-17(16)25-19)13-21-9-4-7-20(14-21,18(22)23)8-10-24-3/h5-6,11H,4,7-10,12-14H2,1-3H3,(H,22,23)/t20-/m1/s1. The van der Waals surface area contributed by atoms with E-state index in [2.05, 4.69) is 36.9 Å². The summed E-state index contributed by atoms with van der Waals surface area (Å²) >= 11 is 0. The summed E-state index contributed by atoms with van der Waals surface area (Å²) in [6.07, 6.45) is 3.14. The van der Waals surface area contributed by atoms with Crippen molar-refractivity contribution in [1.82, 2.24) is 4.90 Å². The van der Waals surface area contributed by atoms with Gasteiger partial charge in [0.05, 0.1) is 5.41 Å². The lowest BCUT2D eigenvalue weighted by atomic mass is 9.77. The largest absolute Gasteiger partial charge is 0.487 e. The van der Waals surface area contributed by atoms with Crippen molar-refractivity contribution in [2.45, 2.75) is 51.7 Å². The molecule has 0 radical (unpaired) electrons. The molecule has 138 valence electrons. The Morgan fingerprint density at radius 3 is 2.92 bits per heavy atom. The Kier molecular flexibility index (Phi) is 5.07. The highest BCUT2D eigenvalue weighted by Gasteiger charge is 2.42. The van der Waals surface area contributed by atoms with Crippen molar-refractivity contribution in [3.63, 3.8) is 0 Å². The molecule has 2 aliphatic heterocycles. The average molecular weight is 347 g/mol. The minimum absolute atomic E-state index is 0.134. The molecule has 5 heteroatoms. The van der Waals surface area contributed by atoms with Crippen molar-refractivity contribution in [2.24, 2.45) is 5.41 Å². The van der Waals surface area contributed by atoms with Crippen molar-refractivity contribution in [2.75, 3.05) is 26.8 Å². The highest BCUT2D eigenvalue weighted by Crippen LogP contribution is 2.37. The normalized spacial score (nSPS) is 25.4. The fraction of sp³-hybridized carbons (Fsp3) is 0.650. The number of piperidine rings is 1. The summed E-state index contributed by atoms with van der Waals surface area (Å²) in [7, 11) is 1.63. The van der Waals surface area contributed by atoms with Crippen molar-refractivity contribution < 1.29 is 19.4 Å². The molecule has 0 spiro atoms. The van der Waals surface area contributed by atoms with Crippen LogP contribution in [-0.2, 0) is 22.5 Å². The molecule has 1 aromatic carbocycles. The number of hydrogen-bond donors (Lipinski definition) is 1. The van der Waals surface area contributed by atoms with Crippen molar-refractivity contribution >= 4 is 5.97 Å². The van der Waals surface area contributed by atoms with E-state index in [1.165, 1.54) is 11.1 Å². The fourth-order valence-electron chi connectivity index (χ4n) is 4.16. The minimum atomic E-state index is -0.696. The maximum absolute atomic E-state index is 11.9. The topological polar surface area (TPSA) is 59.0 Å². The number of carbonyl (C=O) groups is 1. The van der Waals surface area contributed by atoms with Crippen molar-refractivity contribution in [1.29, 1.82) is 0 Å². The fourth-order valence-corrected chi connectivity index (χ4v) is 4.16. The van der Waals surface area contributed by atoms with Gasteiger partial charge in [-0.2, -0.15) is 0 Å². The predicted molar refractivity (Wildman–Crippen MR) is 95.9 cm³/mol. The van der Waals surface area contributed by atoms with E-state index in [-0.39, 0.29) is 5.60 Å². The molecular weight excluding hydrogens is 318 g/mol. The van der Waals surface area contributed by atoms with E-state index in [1.54, 1.807) is 7.11 Å². The highest BCUT2D eigenvalue weighted by atomic mass is 16.5. The Morgan fingerprint density at radius 1 is 1.40 bits per heavy atom. The van der Waals surface area contributed by atoms with Crippen LogP contribution < -0.4 is 4.74 Å². The maximum atomic E-state index is 11.9. The van der Waals surface area contributed by atoms with Gasteiger partial charge in [-0.15, -0.1) is 0 Å². The first kappa shape index (κ1) is 18.2. The first-order valence-electron chi connectivity index (χ1n) is 9.09. The molecule has 1 saturated heterocycles. The van der Waals surface area contributed by atoms with Gasteiger partial charge in [0.2, 0.25) is 0 Å². The third-order valence-electron chi connectivity index (χ3n) is 5.43. The lowest BCUT2D eigenvalue weighted by molar-refractivity contribution is -0.154. The van der Waals surface area contributed by atoms with Crippen molar-refractivity contribution in [3.8, 4) is 5.75 Å². The zero-order chi connectivity index (χ0) is 18.1. The van der Waals surface area contributed by atoms with E-state index in [1.807, 2.05) is 0 Å². The molecule has 2 aliphatic rings. The zero-order valence-corrected chi connectivity index (χ0v) is 15.5. The Labute approximate surface area is 149 Å². The molecule has 0 bridgehead atoms. The first-order valence-corrected chi connectivity index (χ1v) is 9.09. The second-order valence-electron chi connectivity index (χ2n) is 8.12. The van der Waals surface area contributed by atoms with Crippen LogP contribution in [0.25, 0.3) is 0 Å². The quantitative estimate of drug-likeness (QED) is 0.857. The van der Waals surface area contributed by atoms with Crippen molar-refractivity contribution in [3.05, 3.63) is 29.3 Å². The molecular formula is C20H29NO4. The van der Waals surface area contributed by atoms with Crippen LogP contribution in [0.4, 0.5) is 0 Å².